The van der Waals surface area contributed by atoms with Gasteiger partial charge in [-0.05, 0) is 47.9 Å². The Morgan fingerprint density at radius 2 is 1.92 bits per heavy atom. The Morgan fingerprint density at radius 3 is 2.64 bits per heavy atom. The summed E-state index contributed by atoms with van der Waals surface area (Å²) in [6, 6.07) is 11.7. The van der Waals surface area contributed by atoms with Crippen molar-refractivity contribution in [2.45, 2.75) is 19.1 Å². The van der Waals surface area contributed by atoms with Gasteiger partial charge in [0.1, 0.15) is 5.75 Å². The first-order valence-electron chi connectivity index (χ1n) is 7.84. The van der Waals surface area contributed by atoms with Crippen LogP contribution < -0.4 is 15.4 Å². The van der Waals surface area contributed by atoms with Crippen LogP contribution in [0, 0.1) is 0 Å². The van der Waals surface area contributed by atoms with E-state index in [2.05, 4.69) is 15.4 Å². The van der Waals surface area contributed by atoms with Gasteiger partial charge in [-0.2, -0.15) is 13.2 Å². The first-order valence-corrected chi connectivity index (χ1v) is 7.84. The Labute approximate surface area is 143 Å². The van der Waals surface area contributed by atoms with Crippen LogP contribution in [0.3, 0.4) is 0 Å². The zero-order valence-electron chi connectivity index (χ0n) is 13.3. The topological polar surface area (TPSA) is 50.4 Å². The fourth-order valence-electron chi connectivity index (χ4n) is 2.60. The van der Waals surface area contributed by atoms with Crippen LogP contribution >= 0.6 is 0 Å². The first-order chi connectivity index (χ1) is 11.9. The van der Waals surface area contributed by atoms with Crippen LogP contribution in [0.1, 0.15) is 21.5 Å². The first kappa shape index (κ1) is 17.1. The summed E-state index contributed by atoms with van der Waals surface area (Å²) in [4.78, 5) is 12.2. The van der Waals surface area contributed by atoms with Gasteiger partial charge in [-0.25, -0.2) is 0 Å². The molecule has 0 aliphatic carbocycles. The van der Waals surface area contributed by atoms with Crippen molar-refractivity contribution in [2.75, 3.05) is 18.5 Å². The molecule has 1 amide bonds. The number of alkyl halides is 3. The van der Waals surface area contributed by atoms with Crippen molar-refractivity contribution in [3.05, 3.63) is 59.2 Å². The quantitative estimate of drug-likeness (QED) is 0.867. The van der Waals surface area contributed by atoms with Gasteiger partial charge in [0, 0.05) is 24.3 Å². The molecule has 0 saturated carbocycles. The molecule has 1 aliphatic heterocycles. The highest BCUT2D eigenvalue weighted by molar-refractivity contribution is 5.95. The lowest BCUT2D eigenvalue weighted by molar-refractivity contribution is -0.153. The average molecular weight is 350 g/mol. The number of amides is 1. The Morgan fingerprint density at radius 1 is 1.16 bits per heavy atom. The van der Waals surface area contributed by atoms with E-state index in [1.54, 1.807) is 18.2 Å². The smallest absolute Gasteiger partial charge is 0.422 e. The number of benzene rings is 2. The number of nitrogens with one attached hydrogen (secondary N) is 2. The van der Waals surface area contributed by atoms with E-state index in [-0.39, 0.29) is 18.2 Å². The van der Waals surface area contributed by atoms with Crippen LogP contribution in [-0.2, 0) is 13.0 Å². The minimum Gasteiger partial charge on any atom is -0.484 e. The minimum atomic E-state index is -4.36. The number of hydrogen-bond acceptors (Lipinski definition) is 3. The van der Waals surface area contributed by atoms with Gasteiger partial charge in [0.2, 0.25) is 0 Å². The molecule has 2 N–H and O–H groups in total. The SMILES string of the molecule is O=C(NCc1ccc(OCC(F)(F)F)cc1)c1ccc2c(c1)CCN2. The van der Waals surface area contributed by atoms with Crippen LogP contribution in [0.25, 0.3) is 0 Å². The molecule has 0 bridgehead atoms. The Kier molecular flexibility index (Phi) is 4.83. The fraction of sp³-hybridized carbons (Fsp3) is 0.278. The average Bonchev–Trinajstić information content (AvgIpc) is 3.05. The number of fused-ring (bicyclic) bond motifs is 1. The van der Waals surface area contributed by atoms with E-state index in [4.69, 9.17) is 0 Å². The molecule has 0 unspecified atom stereocenters. The zero-order valence-corrected chi connectivity index (χ0v) is 13.3. The summed E-state index contributed by atoms with van der Waals surface area (Å²) in [5.41, 5.74) is 3.55. The van der Waals surface area contributed by atoms with E-state index in [1.807, 2.05) is 12.1 Å². The van der Waals surface area contributed by atoms with Gasteiger partial charge < -0.3 is 15.4 Å². The number of carbonyl (C=O) groups excluding carboxylic acids is 1. The molecule has 3 rings (SSSR count). The van der Waals surface area contributed by atoms with E-state index in [1.165, 1.54) is 12.1 Å². The molecule has 1 aliphatic rings. The molecular formula is C18H17F3N2O2. The summed E-state index contributed by atoms with van der Waals surface area (Å²) < 4.78 is 40.9. The van der Waals surface area contributed by atoms with Crippen molar-refractivity contribution < 1.29 is 22.7 Å². The largest absolute Gasteiger partial charge is 0.484 e. The van der Waals surface area contributed by atoms with E-state index in [0.29, 0.717) is 5.56 Å². The number of anilines is 1. The van der Waals surface area contributed by atoms with Crippen molar-refractivity contribution in [1.82, 2.24) is 5.32 Å². The molecule has 0 spiro atoms. The van der Waals surface area contributed by atoms with Crippen LogP contribution in [0.5, 0.6) is 5.75 Å². The molecular weight excluding hydrogens is 333 g/mol. The summed E-state index contributed by atoms with van der Waals surface area (Å²) in [5.74, 6) is -0.0504. The molecule has 1 heterocycles. The standard InChI is InChI=1S/C18H17F3N2O2/c19-18(20,21)11-25-15-4-1-12(2-5-15)10-23-17(24)14-3-6-16-13(9-14)7-8-22-16/h1-6,9,22H,7-8,10-11H2,(H,23,24). The molecule has 2 aromatic rings. The summed E-state index contributed by atoms with van der Waals surface area (Å²) >= 11 is 0. The molecule has 0 fully saturated rings. The maximum absolute atomic E-state index is 12.2. The monoisotopic (exact) mass is 350 g/mol. The van der Waals surface area contributed by atoms with Crippen LogP contribution in [0.15, 0.2) is 42.5 Å². The predicted molar refractivity (Wildman–Crippen MR) is 87.8 cm³/mol. The molecule has 0 atom stereocenters. The molecule has 25 heavy (non-hydrogen) atoms. The molecule has 132 valence electrons. The third kappa shape index (κ3) is 4.65. The normalized spacial score (nSPS) is 13.1. The highest BCUT2D eigenvalue weighted by atomic mass is 19.4. The van der Waals surface area contributed by atoms with Crippen molar-refractivity contribution in [3.8, 4) is 5.75 Å². The molecule has 0 radical (unpaired) electrons. The van der Waals surface area contributed by atoms with Gasteiger partial charge in [-0.3, -0.25) is 4.79 Å². The second-order valence-corrected chi connectivity index (χ2v) is 5.78. The maximum atomic E-state index is 12.2. The lowest BCUT2D eigenvalue weighted by Crippen LogP contribution is -2.23. The number of hydrogen-bond donors (Lipinski definition) is 2. The number of ether oxygens (including phenoxy) is 1. The molecule has 7 heteroatoms. The van der Waals surface area contributed by atoms with Crippen molar-refractivity contribution in [1.29, 1.82) is 0 Å². The summed E-state index contributed by atoms with van der Waals surface area (Å²) in [6.07, 6.45) is -3.46. The lowest BCUT2D eigenvalue weighted by atomic mass is 10.1. The summed E-state index contributed by atoms with van der Waals surface area (Å²) in [7, 11) is 0. The van der Waals surface area contributed by atoms with Gasteiger partial charge in [-0.15, -0.1) is 0 Å². The third-order valence-corrected chi connectivity index (χ3v) is 3.86. The second-order valence-electron chi connectivity index (χ2n) is 5.78. The third-order valence-electron chi connectivity index (χ3n) is 3.86. The number of halogens is 3. The molecule has 4 nitrogen and oxygen atoms in total. The Balaban J connectivity index is 1.53. The summed E-state index contributed by atoms with van der Waals surface area (Å²) in [6.45, 7) is -0.160. The highest BCUT2D eigenvalue weighted by Crippen LogP contribution is 2.23. The fourth-order valence-corrected chi connectivity index (χ4v) is 2.60. The van der Waals surface area contributed by atoms with E-state index < -0.39 is 12.8 Å². The van der Waals surface area contributed by atoms with Crippen LogP contribution in [0.4, 0.5) is 18.9 Å². The Bertz CT molecular complexity index is 758. The van der Waals surface area contributed by atoms with Crippen LogP contribution in [-0.4, -0.2) is 25.2 Å². The van der Waals surface area contributed by atoms with Crippen molar-refractivity contribution in [3.63, 3.8) is 0 Å². The van der Waals surface area contributed by atoms with E-state index in [9.17, 15) is 18.0 Å². The maximum Gasteiger partial charge on any atom is 0.422 e. The predicted octanol–water partition coefficient (Wildman–Crippen LogP) is 3.53. The Hall–Kier alpha value is -2.70. The number of carbonyl (C=O) groups is 1. The van der Waals surface area contributed by atoms with Crippen molar-refractivity contribution >= 4 is 11.6 Å². The lowest BCUT2D eigenvalue weighted by Gasteiger charge is -2.10. The molecule has 2 aromatic carbocycles. The van der Waals surface area contributed by atoms with Crippen molar-refractivity contribution in [2.24, 2.45) is 0 Å². The van der Waals surface area contributed by atoms with E-state index in [0.717, 1.165) is 29.8 Å². The second kappa shape index (κ2) is 7.04. The summed E-state index contributed by atoms with van der Waals surface area (Å²) in [5, 5.41) is 6.04. The van der Waals surface area contributed by atoms with E-state index >= 15 is 0 Å². The van der Waals surface area contributed by atoms with Crippen LogP contribution in [0.2, 0.25) is 0 Å². The van der Waals surface area contributed by atoms with Gasteiger partial charge in [0.15, 0.2) is 6.61 Å². The minimum absolute atomic E-state index is 0.138. The molecule has 0 aromatic heterocycles. The van der Waals surface area contributed by atoms with Gasteiger partial charge >= 0.3 is 6.18 Å². The molecule has 0 saturated heterocycles. The number of rotatable bonds is 5. The highest BCUT2D eigenvalue weighted by Gasteiger charge is 2.28. The van der Waals surface area contributed by atoms with Gasteiger partial charge in [0.25, 0.3) is 5.91 Å². The zero-order chi connectivity index (χ0) is 17.9. The van der Waals surface area contributed by atoms with Gasteiger partial charge in [0.05, 0.1) is 0 Å². The van der Waals surface area contributed by atoms with Gasteiger partial charge in [-0.1, -0.05) is 12.1 Å².